The molecule has 0 amide bonds. The van der Waals surface area contributed by atoms with Crippen LogP contribution in [0.3, 0.4) is 0 Å². The van der Waals surface area contributed by atoms with Gasteiger partial charge in [-0.2, -0.15) is 0 Å². The van der Waals surface area contributed by atoms with E-state index >= 15 is 0 Å². The first kappa shape index (κ1) is 15.0. The number of benzene rings is 1. The van der Waals surface area contributed by atoms with Crippen molar-refractivity contribution in [1.82, 2.24) is 4.98 Å². The van der Waals surface area contributed by atoms with Gasteiger partial charge in [0.15, 0.2) is 0 Å². The first-order valence-electron chi connectivity index (χ1n) is 6.29. The second-order valence-corrected chi connectivity index (χ2v) is 5.47. The number of aliphatic carboxylic acids is 1. The Balaban J connectivity index is 2.39. The van der Waals surface area contributed by atoms with E-state index in [1.54, 1.807) is 0 Å². The number of ether oxygens (including phenoxy) is 1. The van der Waals surface area contributed by atoms with E-state index < -0.39 is 5.97 Å². The summed E-state index contributed by atoms with van der Waals surface area (Å²) in [4.78, 5) is 16.3. The van der Waals surface area contributed by atoms with Crippen molar-refractivity contribution in [2.75, 3.05) is 7.11 Å². The van der Waals surface area contributed by atoms with Crippen LogP contribution in [0.5, 0.6) is 0 Å². The number of aromatic nitrogens is 1. The van der Waals surface area contributed by atoms with E-state index in [1.165, 1.54) is 24.7 Å². The maximum atomic E-state index is 11.3. The van der Waals surface area contributed by atoms with Crippen LogP contribution in [0.25, 0.3) is 17.7 Å². The molecule has 0 fully saturated rings. The summed E-state index contributed by atoms with van der Waals surface area (Å²) in [5.41, 5.74) is 1.77. The molecule has 0 radical (unpaired) electrons. The Labute approximate surface area is 127 Å². The van der Waals surface area contributed by atoms with Crippen LogP contribution in [0.1, 0.15) is 21.1 Å². The number of carbonyl (C=O) groups is 1. The molecule has 0 saturated carbocycles. The lowest BCUT2D eigenvalue weighted by molar-refractivity contribution is -0.130. The number of aryl methyl sites for hydroxylation is 1. The highest BCUT2D eigenvalue weighted by atomic mass is 32.1. The number of nitrogens with zero attached hydrogens (tertiary/aromatic N) is 1. The van der Waals surface area contributed by atoms with Crippen molar-refractivity contribution < 1.29 is 14.6 Å². The molecule has 0 unspecified atom stereocenters. The number of hydrogen-bond acceptors (Lipinski definition) is 4. The van der Waals surface area contributed by atoms with Crippen LogP contribution in [0.15, 0.2) is 36.6 Å². The van der Waals surface area contributed by atoms with Crippen LogP contribution >= 0.6 is 11.3 Å². The number of carboxylic acid groups (broad SMARTS) is 1. The Kier molecular flexibility index (Phi) is 4.90. The Bertz CT molecular complexity index is 687. The Morgan fingerprint density at radius 1 is 1.29 bits per heavy atom. The maximum Gasteiger partial charge on any atom is 0.340 e. The zero-order valence-corrected chi connectivity index (χ0v) is 12.6. The summed E-state index contributed by atoms with van der Waals surface area (Å²) in [6.45, 7) is 1.85. The molecule has 1 heterocycles. The fourth-order valence-electron chi connectivity index (χ4n) is 1.81. The zero-order valence-electron chi connectivity index (χ0n) is 11.7. The summed E-state index contributed by atoms with van der Waals surface area (Å²) in [5, 5.41) is 10.1. The van der Waals surface area contributed by atoms with Gasteiger partial charge < -0.3 is 9.84 Å². The lowest BCUT2D eigenvalue weighted by Gasteiger charge is -2.00. The molecular formula is C16H15NO3S. The van der Waals surface area contributed by atoms with Crippen LogP contribution in [0.2, 0.25) is 0 Å². The normalized spacial score (nSPS) is 11.8. The molecule has 0 bridgehead atoms. The number of thiazole rings is 1. The molecule has 4 nitrogen and oxygen atoms in total. The molecule has 1 N–H and O–H groups in total. The summed E-state index contributed by atoms with van der Waals surface area (Å²) in [6, 6.07) is 9.78. The summed E-state index contributed by atoms with van der Waals surface area (Å²) in [6.07, 6.45) is 4.96. The van der Waals surface area contributed by atoms with E-state index in [0.717, 1.165) is 10.6 Å². The van der Waals surface area contributed by atoms with Crippen molar-refractivity contribution >= 4 is 35.0 Å². The summed E-state index contributed by atoms with van der Waals surface area (Å²) < 4.78 is 4.86. The SMILES string of the molecule is CO/C=C(/C(=O)O)c1sc(C)nc1/C=C/c1ccccc1. The molecule has 1 aromatic carbocycles. The predicted octanol–water partition coefficient (Wildman–Crippen LogP) is 3.69. The van der Waals surface area contributed by atoms with Gasteiger partial charge in [0, 0.05) is 0 Å². The zero-order chi connectivity index (χ0) is 15.2. The van der Waals surface area contributed by atoms with E-state index in [0.29, 0.717) is 10.6 Å². The molecule has 1 aromatic heterocycles. The highest BCUT2D eigenvalue weighted by molar-refractivity contribution is 7.13. The van der Waals surface area contributed by atoms with Crippen molar-refractivity contribution in [2.45, 2.75) is 6.92 Å². The van der Waals surface area contributed by atoms with Gasteiger partial charge in [0.05, 0.1) is 29.0 Å². The van der Waals surface area contributed by atoms with Gasteiger partial charge in [0.1, 0.15) is 5.57 Å². The van der Waals surface area contributed by atoms with Gasteiger partial charge in [0.2, 0.25) is 0 Å². The Morgan fingerprint density at radius 2 is 2.00 bits per heavy atom. The fourth-order valence-corrected chi connectivity index (χ4v) is 2.71. The molecule has 0 saturated heterocycles. The van der Waals surface area contributed by atoms with Gasteiger partial charge >= 0.3 is 5.97 Å². The van der Waals surface area contributed by atoms with Crippen LogP contribution in [0, 0.1) is 6.92 Å². The van der Waals surface area contributed by atoms with E-state index in [1.807, 2.05) is 49.4 Å². The molecule has 2 rings (SSSR count). The number of methoxy groups -OCH3 is 1. The van der Waals surface area contributed by atoms with Gasteiger partial charge in [0.25, 0.3) is 0 Å². The standard InChI is InChI=1S/C16H15NO3S/c1-11-17-14(9-8-12-6-4-3-5-7-12)15(21-11)13(10-20-2)16(18)19/h3-10H,1-2H3,(H,18,19)/b9-8+,13-10+. The van der Waals surface area contributed by atoms with Gasteiger partial charge in [-0.15, -0.1) is 11.3 Å². The molecule has 0 spiro atoms. The minimum Gasteiger partial charge on any atom is -0.503 e. The van der Waals surface area contributed by atoms with Crippen molar-refractivity contribution in [1.29, 1.82) is 0 Å². The van der Waals surface area contributed by atoms with Crippen LogP contribution in [-0.2, 0) is 9.53 Å². The van der Waals surface area contributed by atoms with E-state index in [4.69, 9.17) is 4.74 Å². The van der Waals surface area contributed by atoms with Crippen molar-refractivity contribution in [3.63, 3.8) is 0 Å². The predicted molar refractivity (Wildman–Crippen MR) is 84.8 cm³/mol. The average Bonchev–Trinajstić information content (AvgIpc) is 2.84. The monoisotopic (exact) mass is 301 g/mol. The third-order valence-electron chi connectivity index (χ3n) is 2.70. The van der Waals surface area contributed by atoms with Crippen molar-refractivity contribution in [2.24, 2.45) is 0 Å². The largest absolute Gasteiger partial charge is 0.503 e. The third-order valence-corrected chi connectivity index (χ3v) is 3.72. The van der Waals surface area contributed by atoms with Crippen LogP contribution in [0.4, 0.5) is 0 Å². The molecule has 5 heteroatoms. The highest BCUT2D eigenvalue weighted by Crippen LogP contribution is 2.28. The topological polar surface area (TPSA) is 59.4 Å². The van der Waals surface area contributed by atoms with Gasteiger partial charge in [-0.05, 0) is 18.6 Å². The van der Waals surface area contributed by atoms with Crippen molar-refractivity contribution in [3.8, 4) is 0 Å². The molecule has 0 atom stereocenters. The first-order chi connectivity index (χ1) is 10.1. The molecule has 0 aliphatic heterocycles. The van der Waals surface area contributed by atoms with E-state index in [9.17, 15) is 9.90 Å². The van der Waals surface area contributed by atoms with Gasteiger partial charge in [-0.1, -0.05) is 36.4 Å². The molecular weight excluding hydrogens is 286 g/mol. The number of hydrogen-bond donors (Lipinski definition) is 1. The smallest absolute Gasteiger partial charge is 0.340 e. The lowest BCUT2D eigenvalue weighted by atomic mass is 10.1. The van der Waals surface area contributed by atoms with Gasteiger partial charge in [-0.25, -0.2) is 9.78 Å². The second-order valence-electron chi connectivity index (χ2n) is 4.26. The van der Waals surface area contributed by atoms with Crippen molar-refractivity contribution in [3.05, 3.63) is 57.7 Å². The summed E-state index contributed by atoms with van der Waals surface area (Å²) >= 11 is 1.33. The quantitative estimate of drug-likeness (QED) is 0.676. The summed E-state index contributed by atoms with van der Waals surface area (Å²) in [5.74, 6) is -1.03. The molecule has 21 heavy (non-hydrogen) atoms. The fraction of sp³-hybridized carbons (Fsp3) is 0.125. The Hall–Kier alpha value is -2.40. The number of rotatable bonds is 5. The molecule has 0 aliphatic carbocycles. The van der Waals surface area contributed by atoms with Crippen LogP contribution in [-0.4, -0.2) is 23.2 Å². The van der Waals surface area contributed by atoms with Crippen LogP contribution < -0.4 is 0 Å². The van der Waals surface area contributed by atoms with E-state index in [2.05, 4.69) is 4.98 Å². The molecule has 0 aliphatic rings. The molecule has 108 valence electrons. The Morgan fingerprint density at radius 3 is 2.62 bits per heavy atom. The molecule has 2 aromatic rings. The highest BCUT2D eigenvalue weighted by Gasteiger charge is 2.18. The lowest BCUT2D eigenvalue weighted by Crippen LogP contribution is -2.00. The average molecular weight is 301 g/mol. The minimum absolute atomic E-state index is 0.107. The first-order valence-corrected chi connectivity index (χ1v) is 7.10. The minimum atomic E-state index is -1.03. The third kappa shape index (κ3) is 3.79. The maximum absolute atomic E-state index is 11.3. The second kappa shape index (κ2) is 6.85. The summed E-state index contributed by atoms with van der Waals surface area (Å²) in [7, 11) is 1.43. The van der Waals surface area contributed by atoms with E-state index in [-0.39, 0.29) is 5.57 Å². The number of carboxylic acids is 1. The van der Waals surface area contributed by atoms with Gasteiger partial charge in [-0.3, -0.25) is 0 Å².